The third-order valence-corrected chi connectivity index (χ3v) is 3.36. The fourth-order valence-electron chi connectivity index (χ4n) is 2.25. The Kier molecular flexibility index (Phi) is 5.47. The number of aromatic nitrogens is 3. The third-order valence-electron chi connectivity index (χ3n) is 3.36. The first-order chi connectivity index (χ1) is 12.6. The Bertz CT molecular complexity index is 886. The van der Waals surface area contributed by atoms with Gasteiger partial charge in [0.25, 0.3) is 5.89 Å². The Balaban J connectivity index is 1.97. The molecule has 3 rings (SSSR count). The zero-order valence-electron chi connectivity index (χ0n) is 13.7. The first-order valence-electron chi connectivity index (χ1n) is 7.58. The highest BCUT2D eigenvalue weighted by Gasteiger charge is 2.19. The molecule has 0 aliphatic rings. The Morgan fingerprint density at radius 3 is 2.65 bits per heavy atom. The van der Waals surface area contributed by atoms with Crippen LogP contribution in [0.5, 0.6) is 5.75 Å². The molecule has 3 aromatic rings. The molecule has 2 heterocycles. The molecule has 0 radical (unpaired) electrons. The predicted molar refractivity (Wildman–Crippen MR) is 85.3 cm³/mol. The fourth-order valence-corrected chi connectivity index (χ4v) is 2.25. The van der Waals surface area contributed by atoms with Gasteiger partial charge >= 0.3 is 6.43 Å². The van der Waals surface area contributed by atoms with Crippen LogP contribution in [0.1, 0.15) is 12.3 Å². The molecule has 0 aliphatic heterocycles. The highest BCUT2D eigenvalue weighted by atomic mass is 19.3. The first-order valence-corrected chi connectivity index (χ1v) is 7.58. The van der Waals surface area contributed by atoms with Gasteiger partial charge in [-0.05, 0) is 30.3 Å². The number of hydrogen-bond acceptors (Lipinski definition) is 6. The number of ether oxygens (including phenoxy) is 2. The number of benzene rings is 1. The van der Waals surface area contributed by atoms with Crippen molar-refractivity contribution in [1.82, 2.24) is 15.2 Å². The van der Waals surface area contributed by atoms with Crippen LogP contribution in [0, 0.1) is 5.82 Å². The molecule has 0 unspecified atom stereocenters. The van der Waals surface area contributed by atoms with Gasteiger partial charge in [0.1, 0.15) is 23.9 Å². The Labute approximate surface area is 146 Å². The molecular formula is C17H14F3N3O3. The van der Waals surface area contributed by atoms with Gasteiger partial charge in [0, 0.05) is 24.4 Å². The number of methoxy groups -OCH3 is 1. The summed E-state index contributed by atoms with van der Waals surface area (Å²) in [6.07, 6.45) is -1.37. The lowest BCUT2D eigenvalue weighted by Gasteiger charge is -2.11. The van der Waals surface area contributed by atoms with Crippen molar-refractivity contribution in [3.05, 3.63) is 48.2 Å². The van der Waals surface area contributed by atoms with Crippen LogP contribution in [-0.4, -0.2) is 35.5 Å². The fraction of sp³-hybridized carbons (Fsp3) is 0.235. The molecular weight excluding hydrogens is 351 g/mol. The summed E-state index contributed by atoms with van der Waals surface area (Å²) in [5, 5.41) is 6.78. The van der Waals surface area contributed by atoms with Crippen LogP contribution < -0.4 is 4.74 Å². The average molecular weight is 365 g/mol. The second-order valence-corrected chi connectivity index (χ2v) is 5.17. The summed E-state index contributed by atoms with van der Waals surface area (Å²) in [6, 6.07) is 7.24. The van der Waals surface area contributed by atoms with Crippen molar-refractivity contribution in [2.45, 2.75) is 6.43 Å². The molecule has 136 valence electrons. The Hall–Kier alpha value is -2.94. The normalized spacial score (nSPS) is 11.1. The summed E-state index contributed by atoms with van der Waals surface area (Å²) in [5.41, 5.74) is 0.927. The van der Waals surface area contributed by atoms with Crippen LogP contribution in [0.4, 0.5) is 13.2 Å². The van der Waals surface area contributed by atoms with Crippen LogP contribution in [-0.2, 0) is 4.74 Å². The van der Waals surface area contributed by atoms with Gasteiger partial charge in [0.05, 0.1) is 6.61 Å². The summed E-state index contributed by atoms with van der Waals surface area (Å²) >= 11 is 0. The van der Waals surface area contributed by atoms with E-state index in [2.05, 4.69) is 15.2 Å². The monoisotopic (exact) mass is 365 g/mol. The zero-order valence-corrected chi connectivity index (χ0v) is 13.7. The summed E-state index contributed by atoms with van der Waals surface area (Å²) < 4.78 is 54.7. The van der Waals surface area contributed by atoms with Crippen LogP contribution >= 0.6 is 0 Å². The number of pyridine rings is 1. The van der Waals surface area contributed by atoms with E-state index < -0.39 is 18.1 Å². The van der Waals surface area contributed by atoms with Crippen LogP contribution in [0.2, 0.25) is 0 Å². The van der Waals surface area contributed by atoms with Crippen molar-refractivity contribution in [3.8, 4) is 28.5 Å². The number of rotatable bonds is 7. The Morgan fingerprint density at radius 1 is 1.12 bits per heavy atom. The maximum Gasteiger partial charge on any atom is 0.314 e. The van der Waals surface area contributed by atoms with Gasteiger partial charge in [0.15, 0.2) is 0 Å². The van der Waals surface area contributed by atoms with E-state index in [1.54, 1.807) is 19.2 Å². The summed E-state index contributed by atoms with van der Waals surface area (Å²) in [6.45, 7) is 0.667. The van der Waals surface area contributed by atoms with Crippen molar-refractivity contribution in [2.24, 2.45) is 0 Å². The number of halogens is 3. The molecule has 0 spiro atoms. The van der Waals surface area contributed by atoms with E-state index >= 15 is 0 Å². The summed E-state index contributed by atoms with van der Waals surface area (Å²) in [7, 11) is 1.55. The molecule has 1 aromatic carbocycles. The predicted octanol–water partition coefficient (Wildman–Crippen LogP) is 3.90. The third kappa shape index (κ3) is 3.99. The molecule has 6 nitrogen and oxygen atoms in total. The highest BCUT2D eigenvalue weighted by Crippen LogP contribution is 2.32. The van der Waals surface area contributed by atoms with Gasteiger partial charge in [-0.25, -0.2) is 4.39 Å². The second kappa shape index (κ2) is 7.96. The van der Waals surface area contributed by atoms with Crippen LogP contribution in [0.15, 0.2) is 40.9 Å². The van der Waals surface area contributed by atoms with Crippen LogP contribution in [0.25, 0.3) is 22.7 Å². The van der Waals surface area contributed by atoms with Crippen molar-refractivity contribution >= 4 is 0 Å². The molecule has 0 aliphatic carbocycles. The second-order valence-electron chi connectivity index (χ2n) is 5.17. The van der Waals surface area contributed by atoms with E-state index in [0.29, 0.717) is 30.2 Å². The van der Waals surface area contributed by atoms with E-state index in [4.69, 9.17) is 13.9 Å². The molecule has 2 aromatic heterocycles. The highest BCUT2D eigenvalue weighted by molar-refractivity contribution is 5.71. The summed E-state index contributed by atoms with van der Waals surface area (Å²) in [4.78, 5) is 4.22. The molecule has 0 saturated carbocycles. The Morgan fingerprint density at radius 2 is 1.92 bits per heavy atom. The van der Waals surface area contributed by atoms with Crippen molar-refractivity contribution in [2.75, 3.05) is 20.3 Å². The van der Waals surface area contributed by atoms with E-state index in [1.165, 1.54) is 18.3 Å². The van der Waals surface area contributed by atoms with E-state index in [9.17, 15) is 13.2 Å². The molecule has 26 heavy (non-hydrogen) atoms. The van der Waals surface area contributed by atoms with Gasteiger partial charge in [0.2, 0.25) is 5.89 Å². The zero-order chi connectivity index (χ0) is 18.5. The van der Waals surface area contributed by atoms with Crippen LogP contribution in [0.3, 0.4) is 0 Å². The van der Waals surface area contributed by atoms with E-state index in [0.717, 1.165) is 6.07 Å². The molecule has 0 bridgehead atoms. The largest absolute Gasteiger partial charge is 0.489 e. The molecule has 0 fully saturated rings. The lowest BCUT2D eigenvalue weighted by atomic mass is 10.1. The van der Waals surface area contributed by atoms with E-state index in [-0.39, 0.29) is 11.5 Å². The lowest BCUT2D eigenvalue weighted by molar-refractivity contribution is 0.116. The number of nitrogens with zero attached hydrogens (tertiary/aromatic N) is 3. The minimum atomic E-state index is -2.90. The minimum absolute atomic E-state index is 0.160. The molecule has 9 heteroatoms. The molecule has 0 atom stereocenters. The molecule has 0 N–H and O–H groups in total. The van der Waals surface area contributed by atoms with Crippen molar-refractivity contribution < 1.29 is 27.1 Å². The molecule has 0 amide bonds. The molecule has 0 saturated heterocycles. The van der Waals surface area contributed by atoms with Crippen molar-refractivity contribution in [1.29, 1.82) is 0 Å². The van der Waals surface area contributed by atoms with Gasteiger partial charge in [-0.3, -0.25) is 4.98 Å². The lowest BCUT2D eigenvalue weighted by Crippen LogP contribution is -2.05. The smallest absolute Gasteiger partial charge is 0.314 e. The standard InChI is InChI=1S/C17H14F3N3O3/c1-24-5-6-25-13-3-2-4-21-14(13)10-7-11(9-12(18)8-10)16-22-23-17(26-16)15(19)20/h2-4,7-9,15H,5-6H2,1H3. The van der Waals surface area contributed by atoms with Gasteiger partial charge < -0.3 is 13.9 Å². The number of alkyl halides is 2. The quantitative estimate of drug-likeness (QED) is 0.592. The van der Waals surface area contributed by atoms with Crippen molar-refractivity contribution in [3.63, 3.8) is 0 Å². The first kappa shape index (κ1) is 17.9. The van der Waals surface area contributed by atoms with Gasteiger partial charge in [-0.2, -0.15) is 8.78 Å². The maximum absolute atomic E-state index is 14.1. The van der Waals surface area contributed by atoms with Gasteiger partial charge in [-0.15, -0.1) is 10.2 Å². The van der Waals surface area contributed by atoms with E-state index in [1.807, 2.05) is 0 Å². The van der Waals surface area contributed by atoms with Gasteiger partial charge in [-0.1, -0.05) is 0 Å². The number of hydrogen-bond donors (Lipinski definition) is 0. The minimum Gasteiger partial charge on any atom is -0.489 e. The maximum atomic E-state index is 14.1. The SMILES string of the molecule is COCCOc1cccnc1-c1cc(F)cc(-c2nnc(C(F)F)o2)c1. The summed E-state index contributed by atoms with van der Waals surface area (Å²) in [5.74, 6) is -1.21. The average Bonchev–Trinajstić information content (AvgIpc) is 3.12. The topological polar surface area (TPSA) is 70.3 Å².